The van der Waals surface area contributed by atoms with Crippen LogP contribution in [0, 0.1) is 18.8 Å². The van der Waals surface area contributed by atoms with Crippen LogP contribution in [0.2, 0.25) is 5.02 Å². The zero-order valence-electron chi connectivity index (χ0n) is 19.1. The van der Waals surface area contributed by atoms with E-state index in [1.165, 1.54) is 40.8 Å². The number of nitrogens with zero attached hydrogens (tertiary/aromatic N) is 3. The Balaban J connectivity index is 1.53. The van der Waals surface area contributed by atoms with Crippen molar-refractivity contribution in [1.82, 2.24) is 14.9 Å². The highest BCUT2D eigenvalue weighted by Gasteiger charge is 2.34. The van der Waals surface area contributed by atoms with Crippen LogP contribution in [-0.4, -0.2) is 28.9 Å². The number of piperidine rings is 1. The Hall–Kier alpha value is -2.17. The van der Waals surface area contributed by atoms with Crippen molar-refractivity contribution in [2.75, 3.05) is 13.1 Å². The molecule has 0 saturated carbocycles. The second kappa shape index (κ2) is 9.36. The monoisotopic (exact) mass is 448 g/mol. The van der Waals surface area contributed by atoms with Gasteiger partial charge in [0, 0.05) is 36.1 Å². The maximum atomic E-state index is 6.55. The average Bonchev–Trinajstić information content (AvgIpc) is 3.15. The molecule has 3 heterocycles. The van der Waals surface area contributed by atoms with E-state index < -0.39 is 0 Å². The van der Waals surface area contributed by atoms with E-state index in [9.17, 15) is 0 Å². The fourth-order valence-corrected chi connectivity index (χ4v) is 5.83. The Labute approximate surface area is 196 Å². The number of hydrogen-bond donors (Lipinski definition) is 1. The molecule has 1 aromatic heterocycles. The van der Waals surface area contributed by atoms with Crippen molar-refractivity contribution in [1.29, 1.82) is 0 Å². The molecular weight excluding hydrogens is 416 g/mol. The first kappa shape index (κ1) is 21.7. The van der Waals surface area contributed by atoms with Crippen molar-refractivity contribution in [2.45, 2.75) is 58.4 Å². The van der Waals surface area contributed by atoms with Gasteiger partial charge in [-0.15, -0.1) is 0 Å². The largest absolute Gasteiger partial charge is 0.335 e. The lowest BCUT2D eigenvalue weighted by atomic mass is 9.75. The SMILES string of the molecule is Cc1nccn1CCCC1=CC2=C(N=CC(C)C2)C(C2CCNCC2)c2ccc(Cl)cc21. The van der Waals surface area contributed by atoms with Crippen molar-refractivity contribution in [3.05, 3.63) is 69.9 Å². The average molecular weight is 449 g/mol. The van der Waals surface area contributed by atoms with Crippen LogP contribution in [-0.2, 0) is 6.54 Å². The van der Waals surface area contributed by atoms with Crippen molar-refractivity contribution in [3.8, 4) is 0 Å². The maximum Gasteiger partial charge on any atom is 0.105 e. The lowest BCUT2D eigenvalue weighted by Crippen LogP contribution is -2.32. The number of rotatable bonds is 5. The van der Waals surface area contributed by atoms with E-state index in [1.54, 1.807) is 0 Å². The Bertz CT molecular complexity index is 1070. The third-order valence-corrected chi connectivity index (χ3v) is 7.54. The summed E-state index contributed by atoms with van der Waals surface area (Å²) in [6.45, 7) is 7.52. The Morgan fingerprint density at radius 1 is 1.22 bits per heavy atom. The molecule has 1 saturated heterocycles. The number of aryl methyl sites for hydroxylation is 2. The van der Waals surface area contributed by atoms with E-state index in [0.29, 0.717) is 17.8 Å². The highest BCUT2D eigenvalue weighted by molar-refractivity contribution is 6.30. The molecule has 1 N–H and O–H groups in total. The van der Waals surface area contributed by atoms with Crippen molar-refractivity contribution >= 4 is 23.4 Å². The van der Waals surface area contributed by atoms with Gasteiger partial charge in [-0.2, -0.15) is 0 Å². The number of aromatic nitrogens is 2. The second-order valence-corrected chi connectivity index (χ2v) is 10.0. The molecule has 2 aliphatic heterocycles. The molecular formula is C27H33ClN4. The number of imidazole rings is 1. The summed E-state index contributed by atoms with van der Waals surface area (Å²) in [5, 5.41) is 4.36. The highest BCUT2D eigenvalue weighted by Crippen LogP contribution is 2.47. The summed E-state index contributed by atoms with van der Waals surface area (Å²) in [4.78, 5) is 9.45. The molecule has 1 aliphatic carbocycles. The molecule has 4 nitrogen and oxygen atoms in total. The summed E-state index contributed by atoms with van der Waals surface area (Å²) in [7, 11) is 0. The normalized spacial score (nSPS) is 23.5. The van der Waals surface area contributed by atoms with Gasteiger partial charge in [-0.25, -0.2) is 4.98 Å². The van der Waals surface area contributed by atoms with Crippen molar-refractivity contribution in [3.63, 3.8) is 0 Å². The third kappa shape index (κ3) is 4.35. The molecule has 0 radical (unpaired) electrons. The number of allylic oxidation sites excluding steroid dienone is 4. The van der Waals surface area contributed by atoms with Crippen LogP contribution >= 0.6 is 11.6 Å². The summed E-state index contributed by atoms with van der Waals surface area (Å²) in [5.41, 5.74) is 6.90. The van der Waals surface area contributed by atoms with Gasteiger partial charge >= 0.3 is 0 Å². The van der Waals surface area contributed by atoms with Crippen LogP contribution in [0.5, 0.6) is 0 Å². The van der Waals surface area contributed by atoms with Crippen LogP contribution in [0.3, 0.4) is 0 Å². The quantitative estimate of drug-likeness (QED) is 0.594. The van der Waals surface area contributed by atoms with E-state index in [4.69, 9.17) is 16.6 Å². The predicted octanol–water partition coefficient (Wildman–Crippen LogP) is 6.17. The van der Waals surface area contributed by atoms with Crippen molar-refractivity contribution < 1.29 is 0 Å². The van der Waals surface area contributed by atoms with E-state index in [2.05, 4.69) is 65.4 Å². The Morgan fingerprint density at radius 2 is 2.06 bits per heavy atom. The summed E-state index contributed by atoms with van der Waals surface area (Å²) >= 11 is 6.55. The highest BCUT2D eigenvalue weighted by atomic mass is 35.5. The van der Waals surface area contributed by atoms with Gasteiger partial charge in [0.05, 0.1) is 5.70 Å². The summed E-state index contributed by atoms with van der Waals surface area (Å²) in [6, 6.07) is 6.55. The molecule has 1 aromatic carbocycles. The van der Waals surface area contributed by atoms with Gasteiger partial charge in [-0.05, 0) is 98.4 Å². The molecule has 32 heavy (non-hydrogen) atoms. The van der Waals surface area contributed by atoms with Crippen LogP contribution in [0.4, 0.5) is 0 Å². The number of fused-ring (bicyclic) bond motifs is 1. The first-order valence-corrected chi connectivity index (χ1v) is 12.4. The minimum Gasteiger partial charge on any atom is -0.335 e. The van der Waals surface area contributed by atoms with Crippen LogP contribution < -0.4 is 5.32 Å². The van der Waals surface area contributed by atoms with Gasteiger partial charge in [-0.3, -0.25) is 4.99 Å². The Kier molecular flexibility index (Phi) is 6.34. The molecule has 2 unspecified atom stereocenters. The second-order valence-electron chi connectivity index (χ2n) is 9.61. The first-order chi connectivity index (χ1) is 15.6. The minimum atomic E-state index is 0.354. The first-order valence-electron chi connectivity index (χ1n) is 12.1. The minimum absolute atomic E-state index is 0.354. The zero-order chi connectivity index (χ0) is 22.1. The van der Waals surface area contributed by atoms with E-state index in [-0.39, 0.29) is 0 Å². The fraction of sp³-hybridized carbons (Fsp3) is 0.481. The molecule has 5 heteroatoms. The molecule has 168 valence electrons. The van der Waals surface area contributed by atoms with Crippen molar-refractivity contribution in [2.24, 2.45) is 16.8 Å². The molecule has 2 aromatic rings. The Morgan fingerprint density at radius 3 is 2.84 bits per heavy atom. The van der Waals surface area contributed by atoms with Gasteiger partial charge in [0.1, 0.15) is 5.82 Å². The topological polar surface area (TPSA) is 42.2 Å². The van der Waals surface area contributed by atoms with E-state index in [1.807, 2.05) is 6.20 Å². The summed E-state index contributed by atoms with van der Waals surface area (Å²) in [6.07, 6.45) is 14.2. The number of hydrogen-bond acceptors (Lipinski definition) is 3. The number of benzene rings is 1. The van der Waals surface area contributed by atoms with Gasteiger partial charge in [0.25, 0.3) is 0 Å². The number of aliphatic imine (C=N–C) groups is 1. The molecule has 0 amide bonds. The zero-order valence-corrected chi connectivity index (χ0v) is 19.9. The number of halogens is 1. The lowest BCUT2D eigenvalue weighted by molar-refractivity contribution is 0.337. The fourth-order valence-electron chi connectivity index (χ4n) is 5.66. The van der Waals surface area contributed by atoms with E-state index in [0.717, 1.165) is 49.7 Å². The predicted molar refractivity (Wildman–Crippen MR) is 133 cm³/mol. The molecule has 1 fully saturated rings. The van der Waals surface area contributed by atoms with Crippen LogP contribution in [0.1, 0.15) is 61.9 Å². The molecule has 5 rings (SSSR count). The van der Waals surface area contributed by atoms with Crippen LogP contribution in [0.15, 0.2) is 52.9 Å². The molecule has 0 spiro atoms. The van der Waals surface area contributed by atoms with Gasteiger partial charge in [0.15, 0.2) is 0 Å². The van der Waals surface area contributed by atoms with Gasteiger partial charge in [0.2, 0.25) is 0 Å². The third-order valence-electron chi connectivity index (χ3n) is 7.30. The molecule has 3 aliphatic rings. The molecule has 0 bridgehead atoms. The molecule has 2 atom stereocenters. The summed E-state index contributed by atoms with van der Waals surface area (Å²) < 4.78 is 2.24. The smallest absolute Gasteiger partial charge is 0.105 e. The van der Waals surface area contributed by atoms with Crippen LogP contribution in [0.25, 0.3) is 5.57 Å². The number of nitrogens with one attached hydrogen (secondary N) is 1. The maximum absolute atomic E-state index is 6.55. The van der Waals surface area contributed by atoms with E-state index >= 15 is 0 Å². The van der Waals surface area contributed by atoms with Gasteiger partial charge in [-0.1, -0.05) is 30.7 Å². The summed E-state index contributed by atoms with van der Waals surface area (Å²) in [5.74, 6) is 2.54. The lowest BCUT2D eigenvalue weighted by Gasteiger charge is -2.34. The standard InChI is InChI=1S/C27H33ClN4/c1-18-14-22-15-21(4-3-12-32-13-11-30-19(32)2)25-16-23(28)5-6-24(25)26(27(22)31-17-18)20-7-9-29-10-8-20/h5-6,11,13,15-18,20,26,29H,3-4,7-10,12,14H2,1-2H3. The van der Waals surface area contributed by atoms with Gasteiger partial charge < -0.3 is 9.88 Å².